The van der Waals surface area contributed by atoms with E-state index in [0.717, 1.165) is 114 Å². The fraction of sp³-hybridized carbons (Fsp3) is 0.944. The summed E-state index contributed by atoms with van der Waals surface area (Å²) in [7, 11) is -9.90. The summed E-state index contributed by atoms with van der Waals surface area (Å²) in [5.41, 5.74) is 0. The summed E-state index contributed by atoms with van der Waals surface area (Å²) in [5.74, 6) is 0.852. The third-order valence-corrected chi connectivity index (χ3v) is 18.6. The molecule has 0 radical (unpaired) electrons. The minimum absolute atomic E-state index is 0.104. The van der Waals surface area contributed by atoms with Gasteiger partial charge < -0.3 is 33.8 Å². The molecule has 17 nitrogen and oxygen atoms in total. The fourth-order valence-electron chi connectivity index (χ4n) is 10.6. The number of carbonyl (C=O) groups is 4. The molecule has 0 bridgehead atoms. The number of phosphoric acid groups is 2. The molecule has 0 amide bonds. The van der Waals surface area contributed by atoms with Crippen LogP contribution in [0.4, 0.5) is 0 Å². The molecule has 0 rings (SSSR count). The summed E-state index contributed by atoms with van der Waals surface area (Å²) < 4.78 is 68.3. The molecule has 3 unspecified atom stereocenters. The van der Waals surface area contributed by atoms with Crippen LogP contribution in [0.25, 0.3) is 0 Å². The van der Waals surface area contributed by atoms with Crippen molar-refractivity contribution in [3.05, 3.63) is 0 Å². The highest BCUT2D eigenvalue weighted by Crippen LogP contribution is 2.45. The molecule has 0 fully saturated rings. The van der Waals surface area contributed by atoms with Gasteiger partial charge in [-0.15, -0.1) is 0 Å². The van der Waals surface area contributed by atoms with Crippen LogP contribution in [0.5, 0.6) is 0 Å². The Hall–Kier alpha value is -1.94. The zero-order valence-electron chi connectivity index (χ0n) is 58.8. The molecule has 0 aromatic rings. The number of carbonyl (C=O) groups excluding carboxylic acids is 4. The van der Waals surface area contributed by atoms with E-state index >= 15 is 0 Å². The Bertz CT molecular complexity index is 1780. The van der Waals surface area contributed by atoms with E-state index in [1.807, 2.05) is 0 Å². The van der Waals surface area contributed by atoms with Crippen molar-refractivity contribution in [3.8, 4) is 0 Å². The second-order valence-electron chi connectivity index (χ2n) is 27.3. The van der Waals surface area contributed by atoms with Gasteiger partial charge in [-0.3, -0.25) is 37.3 Å². The molecule has 19 heteroatoms. The highest BCUT2D eigenvalue weighted by Gasteiger charge is 2.30. The average Bonchev–Trinajstić information content (AvgIpc) is 3.06. The number of rotatable bonds is 68. The highest BCUT2D eigenvalue weighted by atomic mass is 31.2. The lowest BCUT2D eigenvalue weighted by Crippen LogP contribution is -2.30. The second-order valence-corrected chi connectivity index (χ2v) is 30.2. The molecule has 0 aliphatic rings. The van der Waals surface area contributed by atoms with E-state index in [4.69, 9.17) is 37.0 Å². The molecule has 6 atom stereocenters. The van der Waals surface area contributed by atoms with Gasteiger partial charge in [0.15, 0.2) is 12.2 Å². The zero-order valence-corrected chi connectivity index (χ0v) is 60.6. The Morgan fingerprint density at radius 3 is 0.789 bits per heavy atom. The quantitative estimate of drug-likeness (QED) is 0.0222. The lowest BCUT2D eigenvalue weighted by molar-refractivity contribution is -0.161. The van der Waals surface area contributed by atoms with E-state index in [1.165, 1.54) is 148 Å². The van der Waals surface area contributed by atoms with Gasteiger partial charge in [0, 0.05) is 25.7 Å². The number of aliphatic hydroxyl groups excluding tert-OH is 1. The minimum atomic E-state index is -4.95. The lowest BCUT2D eigenvalue weighted by Gasteiger charge is -2.21. The van der Waals surface area contributed by atoms with Crippen LogP contribution < -0.4 is 0 Å². The van der Waals surface area contributed by atoms with E-state index in [1.54, 1.807) is 0 Å². The number of hydrogen-bond donors (Lipinski definition) is 3. The standard InChI is InChI=1S/C71H138O17P2/c1-9-64(8)50-42-34-25-18-14-12-10-11-13-15-19-26-35-43-51-68(73)81-57-66(88-71(76)54-46-38-28-22-21-24-32-40-48-62(4)5)59-85-89(77,78)83-55-65(72)56-84-90(79,80)86-60-67(58-82-69(74)52-44-36-30-29-33-41-49-63(6)7)87-70(75)53-45-37-27-20-16-17-23-31-39-47-61(2)3/h61-67,72H,9-60H2,1-8H3,(H,77,78)(H,79,80)/t64?,65-,66-,67-/m1/s1. The van der Waals surface area contributed by atoms with Crippen LogP contribution >= 0.6 is 15.6 Å². The Morgan fingerprint density at radius 1 is 0.311 bits per heavy atom. The average molecular weight is 1330 g/mol. The van der Waals surface area contributed by atoms with Gasteiger partial charge in [-0.2, -0.15) is 0 Å². The number of esters is 4. The number of phosphoric ester groups is 2. The maximum absolute atomic E-state index is 13.0. The van der Waals surface area contributed by atoms with Crippen molar-refractivity contribution < 1.29 is 80.2 Å². The summed E-state index contributed by atoms with van der Waals surface area (Å²) in [6.07, 6.45) is 43.3. The van der Waals surface area contributed by atoms with Gasteiger partial charge in [-0.1, -0.05) is 299 Å². The number of unbranched alkanes of at least 4 members (excludes halogenated alkanes) is 33. The zero-order chi connectivity index (χ0) is 66.8. The molecule has 0 aliphatic heterocycles. The van der Waals surface area contributed by atoms with Crippen LogP contribution in [0.3, 0.4) is 0 Å². The van der Waals surface area contributed by atoms with Crippen molar-refractivity contribution in [1.82, 2.24) is 0 Å². The van der Waals surface area contributed by atoms with E-state index in [2.05, 4.69) is 55.4 Å². The predicted molar refractivity (Wildman–Crippen MR) is 363 cm³/mol. The molecule has 0 saturated carbocycles. The summed E-state index contributed by atoms with van der Waals surface area (Å²) >= 11 is 0. The van der Waals surface area contributed by atoms with Crippen LogP contribution in [0.1, 0.15) is 351 Å². The molecule has 0 heterocycles. The Balaban J connectivity index is 5.20. The number of hydrogen-bond acceptors (Lipinski definition) is 15. The van der Waals surface area contributed by atoms with Crippen LogP contribution in [0.15, 0.2) is 0 Å². The molecule has 90 heavy (non-hydrogen) atoms. The largest absolute Gasteiger partial charge is 0.472 e. The van der Waals surface area contributed by atoms with Gasteiger partial charge in [0.25, 0.3) is 0 Å². The van der Waals surface area contributed by atoms with Gasteiger partial charge in [0.05, 0.1) is 26.4 Å². The second kappa shape index (κ2) is 60.7. The van der Waals surface area contributed by atoms with Crippen molar-refractivity contribution >= 4 is 39.5 Å². The maximum atomic E-state index is 13.0. The SMILES string of the molecule is CCC(C)CCCCCCCCCCCCCCCCC(=O)OC[C@H](COP(=O)(O)OC[C@@H](O)COP(=O)(O)OC[C@@H](COC(=O)CCCCCCCCC(C)C)OC(=O)CCCCCCCCCCCC(C)C)OC(=O)CCCCCCCCCCC(C)C. The topological polar surface area (TPSA) is 237 Å². The molecule has 0 aliphatic carbocycles. The summed E-state index contributed by atoms with van der Waals surface area (Å²) in [4.78, 5) is 72.5. The van der Waals surface area contributed by atoms with E-state index in [9.17, 15) is 43.2 Å². The Kier molecular flexibility index (Phi) is 59.4. The van der Waals surface area contributed by atoms with Gasteiger partial charge in [-0.05, 0) is 49.4 Å². The molecule has 0 saturated heterocycles. The first-order valence-corrected chi connectivity index (χ1v) is 39.7. The van der Waals surface area contributed by atoms with E-state index in [0.29, 0.717) is 31.6 Å². The van der Waals surface area contributed by atoms with E-state index in [-0.39, 0.29) is 25.7 Å². The van der Waals surface area contributed by atoms with Crippen molar-refractivity contribution in [2.75, 3.05) is 39.6 Å². The van der Waals surface area contributed by atoms with Gasteiger partial charge >= 0.3 is 39.5 Å². The maximum Gasteiger partial charge on any atom is 0.472 e. The Morgan fingerprint density at radius 2 is 0.533 bits per heavy atom. The van der Waals surface area contributed by atoms with Crippen molar-refractivity contribution in [3.63, 3.8) is 0 Å². The molecular formula is C71H138O17P2. The summed E-state index contributed by atoms with van der Waals surface area (Å²) in [6, 6.07) is 0. The first kappa shape index (κ1) is 88.1. The van der Waals surface area contributed by atoms with Crippen LogP contribution in [-0.4, -0.2) is 96.7 Å². The smallest absolute Gasteiger partial charge is 0.462 e. The lowest BCUT2D eigenvalue weighted by atomic mass is 9.99. The van der Waals surface area contributed by atoms with E-state index < -0.39 is 97.5 Å². The third kappa shape index (κ3) is 63.5. The molecule has 0 spiro atoms. The van der Waals surface area contributed by atoms with Crippen LogP contribution in [0.2, 0.25) is 0 Å². The fourth-order valence-corrected chi connectivity index (χ4v) is 12.2. The number of aliphatic hydroxyl groups is 1. The molecular weight excluding hydrogens is 1190 g/mol. The van der Waals surface area contributed by atoms with Gasteiger partial charge in [0.1, 0.15) is 19.3 Å². The molecule has 534 valence electrons. The predicted octanol–water partition coefficient (Wildman–Crippen LogP) is 20.1. The minimum Gasteiger partial charge on any atom is -0.462 e. The molecule has 3 N–H and O–H groups in total. The monoisotopic (exact) mass is 1320 g/mol. The third-order valence-electron chi connectivity index (χ3n) is 16.7. The normalized spacial score (nSPS) is 14.6. The van der Waals surface area contributed by atoms with Crippen LogP contribution in [0, 0.1) is 23.7 Å². The molecule has 0 aromatic carbocycles. The summed E-state index contributed by atoms with van der Waals surface area (Å²) in [6.45, 7) is 14.1. The molecule has 0 aromatic heterocycles. The highest BCUT2D eigenvalue weighted by molar-refractivity contribution is 7.47. The summed E-state index contributed by atoms with van der Waals surface area (Å²) in [5, 5.41) is 10.6. The first-order chi connectivity index (χ1) is 43.1. The van der Waals surface area contributed by atoms with Crippen LogP contribution in [-0.2, 0) is 65.4 Å². The first-order valence-electron chi connectivity index (χ1n) is 36.7. The van der Waals surface area contributed by atoms with Crippen molar-refractivity contribution in [2.24, 2.45) is 23.7 Å². The van der Waals surface area contributed by atoms with Crippen molar-refractivity contribution in [1.29, 1.82) is 0 Å². The van der Waals surface area contributed by atoms with Gasteiger partial charge in [0.2, 0.25) is 0 Å². The number of ether oxygens (including phenoxy) is 4. The Labute approximate surface area is 549 Å². The van der Waals surface area contributed by atoms with Gasteiger partial charge in [-0.25, -0.2) is 9.13 Å². The van der Waals surface area contributed by atoms with Crippen molar-refractivity contribution in [2.45, 2.75) is 369 Å².